The zero-order valence-corrected chi connectivity index (χ0v) is 12.9. The monoisotopic (exact) mass is 278 g/mol. The molecule has 0 radical (unpaired) electrons. The number of thiophene rings is 1. The second kappa shape index (κ2) is 5.26. The molecule has 0 bridgehead atoms. The fourth-order valence-corrected chi connectivity index (χ4v) is 3.52. The van der Waals surface area contributed by atoms with E-state index >= 15 is 0 Å². The van der Waals surface area contributed by atoms with E-state index in [1.165, 1.54) is 37.6 Å². The summed E-state index contributed by atoms with van der Waals surface area (Å²) >= 11 is 1.88. The maximum absolute atomic E-state index is 2.30. The Morgan fingerprint density at radius 1 is 0.650 bits per heavy atom. The minimum atomic E-state index is 1.31. The Balaban J connectivity index is 2.02. The van der Waals surface area contributed by atoms with Gasteiger partial charge in [0.1, 0.15) is 0 Å². The van der Waals surface area contributed by atoms with E-state index in [1.54, 1.807) is 0 Å². The zero-order valence-electron chi connectivity index (χ0n) is 12.1. The van der Waals surface area contributed by atoms with Crippen LogP contribution in [0.25, 0.3) is 20.9 Å². The minimum Gasteiger partial charge on any atom is -0.135 e. The molecule has 0 aliphatic carbocycles. The number of rotatable bonds is 2. The van der Waals surface area contributed by atoms with E-state index in [-0.39, 0.29) is 0 Å². The Labute approximate surface area is 124 Å². The van der Waals surface area contributed by atoms with E-state index < -0.39 is 0 Å². The molecule has 0 unspecified atom stereocenters. The van der Waals surface area contributed by atoms with E-state index in [0.29, 0.717) is 0 Å². The van der Waals surface area contributed by atoms with Crippen LogP contribution in [-0.4, -0.2) is 0 Å². The van der Waals surface area contributed by atoms with Crippen LogP contribution in [0.1, 0.15) is 16.7 Å². The lowest BCUT2D eigenvalue weighted by Crippen LogP contribution is -1.76. The summed E-state index contributed by atoms with van der Waals surface area (Å²) in [6.45, 7) is 6.45. The molecule has 1 heteroatoms. The number of hydrogen-bond donors (Lipinski definition) is 0. The van der Waals surface area contributed by atoms with Crippen molar-refractivity contribution in [2.24, 2.45) is 0 Å². The molecule has 0 N–H and O–H groups in total. The lowest BCUT2D eigenvalue weighted by atomic mass is 10.1. The first-order valence-electron chi connectivity index (χ1n) is 6.88. The van der Waals surface area contributed by atoms with Crippen LogP contribution < -0.4 is 0 Å². The Bertz CT molecular complexity index is 715. The highest BCUT2D eigenvalue weighted by Gasteiger charge is 2.09. The van der Waals surface area contributed by atoms with Crippen molar-refractivity contribution in [2.75, 3.05) is 0 Å². The SMILES string of the molecule is Cc1ccc(-c2cc(C)c(-c3ccc(C)cc3)s2)cc1. The third-order valence-corrected chi connectivity index (χ3v) is 4.90. The molecule has 0 aliphatic heterocycles. The maximum atomic E-state index is 2.30. The van der Waals surface area contributed by atoms with Crippen LogP contribution in [0.4, 0.5) is 0 Å². The van der Waals surface area contributed by atoms with Gasteiger partial charge in [0, 0.05) is 9.75 Å². The Kier molecular flexibility index (Phi) is 3.45. The highest BCUT2D eigenvalue weighted by atomic mass is 32.1. The quantitative estimate of drug-likeness (QED) is 0.538. The molecule has 1 aromatic heterocycles. The molecule has 0 atom stereocenters. The molecular formula is C19H18S. The van der Waals surface area contributed by atoms with E-state index in [9.17, 15) is 0 Å². The summed E-state index contributed by atoms with van der Waals surface area (Å²) in [6.07, 6.45) is 0. The van der Waals surface area contributed by atoms with Crippen molar-refractivity contribution in [3.05, 3.63) is 71.3 Å². The second-order valence-electron chi connectivity index (χ2n) is 5.35. The van der Waals surface area contributed by atoms with Crippen LogP contribution in [0.3, 0.4) is 0 Å². The largest absolute Gasteiger partial charge is 0.135 e. The third-order valence-electron chi connectivity index (χ3n) is 3.57. The van der Waals surface area contributed by atoms with Crippen LogP contribution in [-0.2, 0) is 0 Å². The van der Waals surface area contributed by atoms with Crippen molar-refractivity contribution in [3.63, 3.8) is 0 Å². The second-order valence-corrected chi connectivity index (χ2v) is 6.41. The number of aryl methyl sites for hydroxylation is 3. The van der Waals surface area contributed by atoms with E-state index in [4.69, 9.17) is 0 Å². The van der Waals surface area contributed by atoms with Gasteiger partial charge in [-0.25, -0.2) is 0 Å². The van der Waals surface area contributed by atoms with E-state index in [0.717, 1.165) is 0 Å². The van der Waals surface area contributed by atoms with Gasteiger partial charge in [0.2, 0.25) is 0 Å². The number of benzene rings is 2. The van der Waals surface area contributed by atoms with Crippen LogP contribution in [0.15, 0.2) is 54.6 Å². The minimum absolute atomic E-state index is 1.31. The molecule has 100 valence electrons. The molecular weight excluding hydrogens is 260 g/mol. The predicted octanol–water partition coefficient (Wildman–Crippen LogP) is 6.01. The van der Waals surface area contributed by atoms with Crippen molar-refractivity contribution in [3.8, 4) is 20.9 Å². The fourth-order valence-electron chi connectivity index (χ4n) is 2.33. The maximum Gasteiger partial charge on any atom is 0.0378 e. The molecule has 0 saturated heterocycles. The molecule has 3 rings (SSSR count). The normalized spacial score (nSPS) is 10.8. The van der Waals surface area contributed by atoms with Crippen LogP contribution in [0, 0.1) is 20.8 Å². The zero-order chi connectivity index (χ0) is 14.1. The van der Waals surface area contributed by atoms with Crippen molar-refractivity contribution in [1.82, 2.24) is 0 Å². The summed E-state index contributed by atoms with van der Waals surface area (Å²) in [5, 5.41) is 0. The van der Waals surface area contributed by atoms with Gasteiger partial charge in [-0.3, -0.25) is 0 Å². The molecule has 0 amide bonds. The molecule has 3 aromatic rings. The average Bonchev–Trinajstić information content (AvgIpc) is 2.82. The van der Waals surface area contributed by atoms with E-state index in [1.807, 2.05) is 11.3 Å². The van der Waals surface area contributed by atoms with Gasteiger partial charge < -0.3 is 0 Å². The third kappa shape index (κ3) is 2.54. The van der Waals surface area contributed by atoms with Gasteiger partial charge in [-0.2, -0.15) is 0 Å². The van der Waals surface area contributed by atoms with Crippen LogP contribution in [0.5, 0.6) is 0 Å². The highest BCUT2D eigenvalue weighted by Crippen LogP contribution is 2.37. The first-order valence-corrected chi connectivity index (χ1v) is 7.69. The molecule has 0 fully saturated rings. The molecule has 0 spiro atoms. The van der Waals surface area contributed by atoms with Gasteiger partial charge in [0.05, 0.1) is 0 Å². The molecule has 2 aromatic carbocycles. The van der Waals surface area contributed by atoms with Crippen LogP contribution in [0.2, 0.25) is 0 Å². The van der Waals surface area contributed by atoms with Gasteiger partial charge in [-0.05, 0) is 43.5 Å². The summed E-state index contributed by atoms with van der Waals surface area (Å²) in [7, 11) is 0. The fraction of sp³-hybridized carbons (Fsp3) is 0.158. The molecule has 20 heavy (non-hydrogen) atoms. The standard InChI is InChI=1S/C19H18S/c1-13-4-8-16(9-5-13)18-12-15(3)19(20-18)17-10-6-14(2)7-11-17/h4-12H,1-3H3. The Morgan fingerprint density at radius 3 is 1.70 bits per heavy atom. The topological polar surface area (TPSA) is 0 Å². The van der Waals surface area contributed by atoms with Crippen molar-refractivity contribution in [1.29, 1.82) is 0 Å². The van der Waals surface area contributed by atoms with Crippen LogP contribution >= 0.6 is 11.3 Å². The first-order chi connectivity index (χ1) is 9.63. The molecule has 1 heterocycles. The van der Waals surface area contributed by atoms with Crippen molar-refractivity contribution < 1.29 is 0 Å². The molecule has 0 saturated carbocycles. The van der Waals surface area contributed by atoms with Gasteiger partial charge >= 0.3 is 0 Å². The Hall–Kier alpha value is -1.86. The summed E-state index contributed by atoms with van der Waals surface area (Å²) in [5.74, 6) is 0. The molecule has 0 aliphatic rings. The van der Waals surface area contributed by atoms with E-state index in [2.05, 4.69) is 75.4 Å². The van der Waals surface area contributed by atoms with Crippen molar-refractivity contribution in [2.45, 2.75) is 20.8 Å². The van der Waals surface area contributed by atoms with Gasteiger partial charge in [0.25, 0.3) is 0 Å². The predicted molar refractivity (Wildman–Crippen MR) is 89.4 cm³/mol. The van der Waals surface area contributed by atoms with Gasteiger partial charge in [0.15, 0.2) is 0 Å². The molecule has 0 nitrogen and oxygen atoms in total. The smallest absolute Gasteiger partial charge is 0.0378 e. The summed E-state index contributed by atoms with van der Waals surface area (Å²) in [5.41, 5.74) is 6.59. The first kappa shape index (κ1) is 13.1. The van der Waals surface area contributed by atoms with Gasteiger partial charge in [-0.1, -0.05) is 59.7 Å². The average molecular weight is 278 g/mol. The summed E-state index contributed by atoms with van der Waals surface area (Å²) in [6, 6.07) is 19.9. The lowest BCUT2D eigenvalue weighted by Gasteiger charge is -2.00. The van der Waals surface area contributed by atoms with Crippen molar-refractivity contribution >= 4 is 11.3 Å². The number of hydrogen-bond acceptors (Lipinski definition) is 1. The lowest BCUT2D eigenvalue weighted by molar-refractivity contribution is 1.46. The Morgan fingerprint density at radius 2 is 1.15 bits per heavy atom. The highest BCUT2D eigenvalue weighted by molar-refractivity contribution is 7.19. The van der Waals surface area contributed by atoms with Gasteiger partial charge in [-0.15, -0.1) is 11.3 Å². The summed E-state index contributed by atoms with van der Waals surface area (Å²) in [4.78, 5) is 2.72. The summed E-state index contributed by atoms with van der Waals surface area (Å²) < 4.78 is 0.